The molecule has 0 aliphatic heterocycles. The lowest BCUT2D eigenvalue weighted by Gasteiger charge is -2.01. The van der Waals surface area contributed by atoms with Crippen molar-refractivity contribution >= 4 is 27.6 Å². The van der Waals surface area contributed by atoms with E-state index in [-0.39, 0.29) is 12.1 Å². The Hall–Kier alpha value is -2.84. The average molecular weight is 308 g/mol. The quantitative estimate of drug-likeness (QED) is 0.740. The number of rotatable bonds is 2. The Bertz CT molecular complexity index is 933. The van der Waals surface area contributed by atoms with E-state index in [9.17, 15) is 9.59 Å². The van der Waals surface area contributed by atoms with Crippen molar-refractivity contribution in [1.29, 1.82) is 0 Å². The number of nitrogens with one attached hydrogen (secondary N) is 1. The fourth-order valence-corrected chi connectivity index (χ4v) is 3.21. The van der Waals surface area contributed by atoms with E-state index in [1.165, 1.54) is 0 Å². The second kappa shape index (κ2) is 5.88. The van der Waals surface area contributed by atoms with Crippen LogP contribution in [0.5, 0.6) is 0 Å². The fourth-order valence-electron chi connectivity index (χ4n) is 2.26. The maximum Gasteiger partial charge on any atom is 0.338 e. The van der Waals surface area contributed by atoms with Gasteiger partial charge in [-0.15, -0.1) is 6.42 Å². The Morgan fingerprint density at radius 1 is 1.18 bits per heavy atom. The highest BCUT2D eigenvalue weighted by molar-refractivity contribution is 7.14. The number of carbonyl (C=O) groups excluding carboxylic acids is 1. The Kier molecular flexibility index (Phi) is 3.77. The maximum atomic E-state index is 12.6. The van der Waals surface area contributed by atoms with Crippen LogP contribution in [0.4, 0.5) is 4.79 Å². The molecule has 0 saturated carbocycles. The Balaban J connectivity index is 2.18. The molecular weight excluding hydrogens is 296 g/mol. The molecule has 4 nitrogen and oxygen atoms in total. The molecule has 1 aromatic heterocycles. The Morgan fingerprint density at radius 3 is 2.68 bits per heavy atom. The van der Waals surface area contributed by atoms with Gasteiger partial charge in [0.1, 0.15) is 0 Å². The van der Waals surface area contributed by atoms with Crippen molar-refractivity contribution in [3.8, 4) is 23.5 Å². The summed E-state index contributed by atoms with van der Waals surface area (Å²) in [6, 6.07) is 14.7. The lowest BCUT2D eigenvalue weighted by molar-refractivity contribution is 0.245. The first-order chi connectivity index (χ1) is 10.7. The molecule has 0 spiro atoms. The minimum Gasteiger partial charge on any atom is -0.326 e. The summed E-state index contributed by atoms with van der Waals surface area (Å²) in [7, 11) is 0. The molecule has 1 N–H and O–H groups in total. The predicted molar refractivity (Wildman–Crippen MR) is 89.2 cm³/mol. The van der Waals surface area contributed by atoms with Gasteiger partial charge in [-0.2, -0.15) is 3.96 Å². The lowest BCUT2D eigenvalue weighted by Crippen LogP contribution is -2.33. The van der Waals surface area contributed by atoms with E-state index < -0.39 is 6.03 Å². The number of aromatic nitrogens is 1. The van der Waals surface area contributed by atoms with Crippen molar-refractivity contribution in [3.05, 3.63) is 58.9 Å². The van der Waals surface area contributed by atoms with Gasteiger partial charge in [-0.1, -0.05) is 48.4 Å². The molecule has 22 heavy (non-hydrogen) atoms. The third-order valence-corrected chi connectivity index (χ3v) is 4.28. The summed E-state index contributed by atoms with van der Waals surface area (Å²) in [5.41, 5.74) is 1.44. The molecule has 0 atom stereocenters. The number of amides is 1. The summed E-state index contributed by atoms with van der Waals surface area (Å²) in [4.78, 5) is 24.6. The molecule has 1 heterocycles. The van der Waals surface area contributed by atoms with Crippen molar-refractivity contribution in [2.75, 3.05) is 6.54 Å². The summed E-state index contributed by atoms with van der Waals surface area (Å²) in [5.74, 6) is 2.32. The molecular formula is C17H12N2O2S. The molecule has 0 aliphatic rings. The summed E-state index contributed by atoms with van der Waals surface area (Å²) < 4.78 is 1.87. The second-order valence-electron chi connectivity index (χ2n) is 4.60. The highest BCUT2D eigenvalue weighted by Crippen LogP contribution is 2.28. The SMILES string of the molecule is C#CCNC(=O)n1sc2cccc(-c3ccccc3)c2c1=O. The molecule has 1 amide bonds. The maximum absolute atomic E-state index is 12.6. The summed E-state index contributed by atoms with van der Waals surface area (Å²) >= 11 is 1.11. The molecule has 108 valence electrons. The number of nitrogens with zero attached hydrogens (tertiary/aromatic N) is 1. The monoisotopic (exact) mass is 308 g/mol. The van der Waals surface area contributed by atoms with Gasteiger partial charge in [-0.3, -0.25) is 4.79 Å². The van der Waals surface area contributed by atoms with E-state index in [1.54, 1.807) is 0 Å². The van der Waals surface area contributed by atoms with Crippen molar-refractivity contribution in [2.24, 2.45) is 0 Å². The molecule has 0 radical (unpaired) electrons. The average Bonchev–Trinajstić information content (AvgIpc) is 2.91. The first-order valence-corrected chi connectivity index (χ1v) is 7.42. The summed E-state index contributed by atoms with van der Waals surface area (Å²) in [5, 5.41) is 3.06. The van der Waals surface area contributed by atoms with Crippen LogP contribution in [0, 0.1) is 12.3 Å². The molecule has 3 aromatic rings. The molecule has 3 rings (SSSR count). The Labute approximate surface area is 131 Å². The largest absolute Gasteiger partial charge is 0.338 e. The van der Waals surface area contributed by atoms with E-state index >= 15 is 0 Å². The van der Waals surface area contributed by atoms with Gasteiger partial charge >= 0.3 is 6.03 Å². The molecule has 0 fully saturated rings. The van der Waals surface area contributed by atoms with Crippen LogP contribution in [0.15, 0.2) is 53.3 Å². The van der Waals surface area contributed by atoms with Gasteiger partial charge in [0.25, 0.3) is 5.56 Å². The van der Waals surface area contributed by atoms with Crippen molar-refractivity contribution in [3.63, 3.8) is 0 Å². The second-order valence-corrected chi connectivity index (χ2v) is 5.59. The van der Waals surface area contributed by atoms with Gasteiger partial charge in [0.05, 0.1) is 16.6 Å². The number of terminal acetylenes is 1. The van der Waals surface area contributed by atoms with E-state index in [4.69, 9.17) is 6.42 Å². The molecule has 2 aromatic carbocycles. The van der Waals surface area contributed by atoms with Crippen LogP contribution in [0.2, 0.25) is 0 Å². The number of hydrogen-bond acceptors (Lipinski definition) is 3. The zero-order valence-corrected chi connectivity index (χ0v) is 12.4. The first-order valence-electron chi connectivity index (χ1n) is 6.64. The van der Waals surface area contributed by atoms with Gasteiger partial charge in [0.15, 0.2) is 0 Å². The summed E-state index contributed by atoms with van der Waals surface area (Å²) in [6.07, 6.45) is 5.12. The van der Waals surface area contributed by atoms with Crippen molar-refractivity contribution in [2.45, 2.75) is 0 Å². The van der Waals surface area contributed by atoms with Crippen LogP contribution >= 0.6 is 11.5 Å². The van der Waals surface area contributed by atoms with Crippen LogP contribution in [0.3, 0.4) is 0 Å². The van der Waals surface area contributed by atoms with Crippen LogP contribution in [-0.2, 0) is 0 Å². The van der Waals surface area contributed by atoms with Gasteiger partial charge in [-0.05, 0) is 28.7 Å². The number of fused-ring (bicyclic) bond motifs is 1. The normalized spacial score (nSPS) is 10.3. The minimum absolute atomic E-state index is 0.0884. The van der Waals surface area contributed by atoms with Crippen molar-refractivity contribution < 1.29 is 4.79 Å². The highest BCUT2D eigenvalue weighted by atomic mass is 32.1. The number of benzene rings is 2. The fraction of sp³-hybridized carbons (Fsp3) is 0.0588. The van der Waals surface area contributed by atoms with Gasteiger partial charge in [0, 0.05) is 0 Å². The molecule has 0 unspecified atom stereocenters. The third-order valence-electron chi connectivity index (χ3n) is 3.23. The van der Waals surface area contributed by atoms with Crippen molar-refractivity contribution in [1.82, 2.24) is 9.27 Å². The number of hydrogen-bond donors (Lipinski definition) is 1. The molecule has 0 aliphatic carbocycles. The highest BCUT2D eigenvalue weighted by Gasteiger charge is 2.16. The summed E-state index contributed by atoms with van der Waals surface area (Å²) in [6.45, 7) is 0.0884. The molecule has 5 heteroatoms. The van der Waals surface area contributed by atoms with E-state index in [1.807, 2.05) is 48.5 Å². The lowest BCUT2D eigenvalue weighted by atomic mass is 10.0. The van der Waals surface area contributed by atoms with E-state index in [0.717, 1.165) is 31.3 Å². The van der Waals surface area contributed by atoms with Crippen LogP contribution in [0.1, 0.15) is 0 Å². The van der Waals surface area contributed by atoms with Gasteiger partial charge in [-0.25, -0.2) is 4.79 Å². The smallest absolute Gasteiger partial charge is 0.326 e. The number of carbonyl (C=O) groups is 1. The van der Waals surface area contributed by atoms with Crippen LogP contribution in [-0.4, -0.2) is 16.5 Å². The zero-order chi connectivity index (χ0) is 15.5. The standard InChI is InChI=1S/C17H12N2O2S/c1-2-11-18-17(21)19-16(20)15-13(9-6-10-14(15)22-19)12-7-4-3-5-8-12/h1,3-10H,11H2,(H,18,21). The topological polar surface area (TPSA) is 51.1 Å². The molecule has 0 bridgehead atoms. The van der Waals surface area contributed by atoms with Gasteiger partial charge in [0.2, 0.25) is 0 Å². The zero-order valence-electron chi connectivity index (χ0n) is 11.6. The Morgan fingerprint density at radius 2 is 1.95 bits per heavy atom. The van der Waals surface area contributed by atoms with E-state index in [2.05, 4.69) is 11.2 Å². The van der Waals surface area contributed by atoms with Crippen LogP contribution < -0.4 is 10.9 Å². The van der Waals surface area contributed by atoms with Gasteiger partial charge < -0.3 is 5.32 Å². The molecule has 0 saturated heterocycles. The van der Waals surface area contributed by atoms with Crippen LogP contribution in [0.25, 0.3) is 21.2 Å². The minimum atomic E-state index is -0.497. The van der Waals surface area contributed by atoms with E-state index in [0.29, 0.717) is 5.39 Å². The first kappa shape index (κ1) is 14.1. The third kappa shape index (κ3) is 2.41. The predicted octanol–water partition coefficient (Wildman–Crippen LogP) is 2.92.